The van der Waals surface area contributed by atoms with Crippen LogP contribution in [0.15, 0.2) is 66.7 Å². The van der Waals surface area contributed by atoms with Crippen LogP contribution in [0.3, 0.4) is 0 Å². The van der Waals surface area contributed by atoms with E-state index in [1.807, 2.05) is 31.2 Å². The molecule has 2 atom stereocenters. The van der Waals surface area contributed by atoms with Crippen LogP contribution in [0.4, 0.5) is 8.78 Å². The first-order valence-electron chi connectivity index (χ1n) is 11.4. The Morgan fingerprint density at radius 3 is 2.40 bits per heavy atom. The number of aliphatic hydroxyl groups excluding tert-OH is 1. The van der Waals surface area contributed by atoms with Crippen LogP contribution in [0.5, 0.6) is 11.5 Å². The fourth-order valence-corrected chi connectivity index (χ4v) is 3.70. The number of methoxy groups -OCH3 is 1. The Morgan fingerprint density at radius 1 is 0.971 bits per heavy atom. The normalized spacial score (nSPS) is 12.6. The summed E-state index contributed by atoms with van der Waals surface area (Å²) in [6.45, 7) is 2.89. The second-order valence-corrected chi connectivity index (χ2v) is 8.07. The Labute approximate surface area is 203 Å². The van der Waals surface area contributed by atoms with Crippen LogP contribution in [0.1, 0.15) is 28.4 Å². The molecular formula is C27H30F2N2O4. The molecule has 3 aromatic rings. The molecule has 0 aromatic heterocycles. The molecule has 3 rings (SSSR count). The van der Waals surface area contributed by atoms with E-state index in [9.17, 15) is 18.7 Å². The molecule has 3 N–H and O–H groups in total. The van der Waals surface area contributed by atoms with Crippen LogP contribution >= 0.6 is 0 Å². The third kappa shape index (κ3) is 8.05. The number of carbonyl (C=O) groups is 1. The van der Waals surface area contributed by atoms with Crippen molar-refractivity contribution in [2.75, 3.05) is 20.3 Å². The third-order valence-corrected chi connectivity index (χ3v) is 5.38. The van der Waals surface area contributed by atoms with Crippen LogP contribution < -0.4 is 20.1 Å². The first-order valence-corrected chi connectivity index (χ1v) is 11.4. The number of halogens is 2. The van der Waals surface area contributed by atoms with Gasteiger partial charge in [0, 0.05) is 24.7 Å². The molecule has 6 nitrogen and oxygen atoms in total. The van der Waals surface area contributed by atoms with Crippen molar-refractivity contribution in [2.45, 2.75) is 32.0 Å². The summed E-state index contributed by atoms with van der Waals surface area (Å²) in [6, 6.07) is 16.5. The monoisotopic (exact) mass is 484 g/mol. The SMILES string of the molecule is CCOc1cccc(C(=O)N[C@@H](Cc2cc(F)cc(F)c2)[C@H](O)CNCc2cccc(OC)c2)c1. The van der Waals surface area contributed by atoms with E-state index in [4.69, 9.17) is 9.47 Å². The van der Waals surface area contributed by atoms with Crippen LogP contribution in [0, 0.1) is 11.6 Å². The fraction of sp³-hybridized carbons (Fsp3) is 0.296. The summed E-state index contributed by atoms with van der Waals surface area (Å²) in [6.07, 6.45) is -1.00. The molecule has 3 aromatic carbocycles. The minimum atomic E-state index is -1.04. The van der Waals surface area contributed by atoms with Gasteiger partial charge in [-0.1, -0.05) is 18.2 Å². The van der Waals surface area contributed by atoms with Gasteiger partial charge in [-0.3, -0.25) is 4.79 Å². The number of aliphatic hydroxyl groups is 1. The average Bonchev–Trinajstić information content (AvgIpc) is 2.83. The Hall–Kier alpha value is -3.49. The molecule has 0 spiro atoms. The average molecular weight is 485 g/mol. The van der Waals surface area contributed by atoms with E-state index in [2.05, 4.69) is 10.6 Å². The quantitative estimate of drug-likeness (QED) is 0.364. The predicted octanol–water partition coefficient (Wildman–Crippen LogP) is 3.86. The van der Waals surface area contributed by atoms with E-state index in [-0.39, 0.29) is 13.0 Å². The Bertz CT molecular complexity index is 1110. The van der Waals surface area contributed by atoms with Gasteiger partial charge >= 0.3 is 0 Å². The highest BCUT2D eigenvalue weighted by molar-refractivity contribution is 5.94. The summed E-state index contributed by atoms with van der Waals surface area (Å²) in [5, 5.41) is 16.9. The first-order chi connectivity index (χ1) is 16.9. The van der Waals surface area contributed by atoms with Crippen LogP contribution in [0.25, 0.3) is 0 Å². The summed E-state index contributed by atoms with van der Waals surface area (Å²) in [7, 11) is 1.59. The van der Waals surface area contributed by atoms with Gasteiger partial charge in [-0.25, -0.2) is 8.78 Å². The second-order valence-electron chi connectivity index (χ2n) is 8.07. The van der Waals surface area contributed by atoms with Crippen molar-refractivity contribution in [1.82, 2.24) is 10.6 Å². The molecule has 0 saturated carbocycles. The van der Waals surface area contributed by atoms with E-state index in [1.54, 1.807) is 31.4 Å². The molecule has 0 fully saturated rings. The Kier molecular flexibility index (Phi) is 9.57. The minimum absolute atomic E-state index is 0.0353. The molecule has 0 saturated heterocycles. The van der Waals surface area contributed by atoms with Gasteiger partial charge in [-0.15, -0.1) is 0 Å². The molecule has 1 amide bonds. The third-order valence-electron chi connectivity index (χ3n) is 5.38. The van der Waals surface area contributed by atoms with Gasteiger partial charge < -0.3 is 25.2 Å². The van der Waals surface area contributed by atoms with Crippen LogP contribution in [0.2, 0.25) is 0 Å². The molecule has 186 valence electrons. The van der Waals surface area contributed by atoms with E-state index >= 15 is 0 Å². The molecule has 0 aliphatic heterocycles. The van der Waals surface area contributed by atoms with Crippen LogP contribution in [-0.4, -0.2) is 43.4 Å². The lowest BCUT2D eigenvalue weighted by Crippen LogP contribution is -2.48. The highest BCUT2D eigenvalue weighted by Gasteiger charge is 2.23. The van der Waals surface area contributed by atoms with Gasteiger partial charge in [0.2, 0.25) is 0 Å². The predicted molar refractivity (Wildman–Crippen MR) is 130 cm³/mol. The summed E-state index contributed by atoms with van der Waals surface area (Å²) < 4.78 is 38.2. The van der Waals surface area contributed by atoms with Crippen molar-refractivity contribution in [3.05, 3.63) is 95.1 Å². The summed E-state index contributed by atoms with van der Waals surface area (Å²) in [5.74, 6) is -0.609. The number of carbonyl (C=O) groups excluding carboxylic acids is 1. The van der Waals surface area contributed by atoms with E-state index in [0.29, 0.717) is 30.0 Å². The fourth-order valence-electron chi connectivity index (χ4n) is 3.70. The maximum Gasteiger partial charge on any atom is 0.251 e. The van der Waals surface area contributed by atoms with Crippen molar-refractivity contribution >= 4 is 5.91 Å². The maximum atomic E-state index is 13.7. The number of ether oxygens (including phenoxy) is 2. The van der Waals surface area contributed by atoms with Crippen LogP contribution in [-0.2, 0) is 13.0 Å². The lowest BCUT2D eigenvalue weighted by Gasteiger charge is -2.25. The Morgan fingerprint density at radius 2 is 1.69 bits per heavy atom. The van der Waals surface area contributed by atoms with Gasteiger partial charge in [0.25, 0.3) is 5.91 Å². The van der Waals surface area contributed by atoms with E-state index in [1.165, 1.54) is 12.1 Å². The molecule has 0 aliphatic carbocycles. The van der Waals surface area contributed by atoms with Gasteiger partial charge in [0.15, 0.2) is 0 Å². The molecule has 0 aliphatic rings. The Balaban J connectivity index is 1.72. The van der Waals surface area contributed by atoms with Gasteiger partial charge in [0.1, 0.15) is 23.1 Å². The highest BCUT2D eigenvalue weighted by atomic mass is 19.1. The van der Waals surface area contributed by atoms with Crippen molar-refractivity contribution in [3.8, 4) is 11.5 Å². The number of hydrogen-bond donors (Lipinski definition) is 3. The summed E-state index contributed by atoms with van der Waals surface area (Å²) >= 11 is 0. The lowest BCUT2D eigenvalue weighted by molar-refractivity contribution is 0.0829. The molecule has 8 heteroatoms. The van der Waals surface area contributed by atoms with Crippen molar-refractivity contribution in [2.24, 2.45) is 0 Å². The number of amides is 1. The standard InChI is InChI=1S/C27H30F2N2O4/c1-3-35-24-9-5-7-20(14-24)27(33)31-25(13-19-10-21(28)15-22(29)11-19)26(32)17-30-16-18-6-4-8-23(12-18)34-2/h4-12,14-15,25-26,30,32H,3,13,16-17H2,1-2H3,(H,31,33)/t25-,26+/m0/s1. The molecule has 0 unspecified atom stereocenters. The molecule has 35 heavy (non-hydrogen) atoms. The molecule has 0 heterocycles. The lowest BCUT2D eigenvalue weighted by atomic mass is 10.00. The number of nitrogens with one attached hydrogen (secondary N) is 2. The van der Waals surface area contributed by atoms with Crippen molar-refractivity contribution in [1.29, 1.82) is 0 Å². The molecule has 0 bridgehead atoms. The molecule has 0 radical (unpaired) electrons. The van der Waals surface area contributed by atoms with Crippen molar-refractivity contribution in [3.63, 3.8) is 0 Å². The second kappa shape index (κ2) is 12.8. The minimum Gasteiger partial charge on any atom is -0.497 e. The zero-order valence-electron chi connectivity index (χ0n) is 19.8. The largest absolute Gasteiger partial charge is 0.497 e. The molecular weight excluding hydrogens is 454 g/mol. The van der Waals surface area contributed by atoms with E-state index < -0.39 is 29.7 Å². The summed E-state index contributed by atoms with van der Waals surface area (Å²) in [4.78, 5) is 12.9. The van der Waals surface area contributed by atoms with E-state index in [0.717, 1.165) is 17.4 Å². The summed E-state index contributed by atoms with van der Waals surface area (Å²) in [5.41, 5.74) is 1.63. The number of rotatable bonds is 12. The van der Waals surface area contributed by atoms with Gasteiger partial charge in [0.05, 0.1) is 25.9 Å². The first kappa shape index (κ1) is 26.1. The van der Waals surface area contributed by atoms with Crippen molar-refractivity contribution < 1.29 is 28.2 Å². The number of benzene rings is 3. The highest BCUT2D eigenvalue weighted by Crippen LogP contribution is 2.16. The van der Waals surface area contributed by atoms with Gasteiger partial charge in [-0.05, 0) is 66.9 Å². The smallest absolute Gasteiger partial charge is 0.251 e. The topological polar surface area (TPSA) is 79.8 Å². The van der Waals surface area contributed by atoms with Gasteiger partial charge in [-0.2, -0.15) is 0 Å². The maximum absolute atomic E-state index is 13.7. The zero-order chi connectivity index (χ0) is 25.2. The zero-order valence-corrected chi connectivity index (χ0v) is 19.8. The number of hydrogen-bond acceptors (Lipinski definition) is 5.